The molecule has 0 saturated carbocycles. The average Bonchev–Trinajstić information content (AvgIpc) is 3.32. The topological polar surface area (TPSA) is 49.6 Å². The lowest BCUT2D eigenvalue weighted by molar-refractivity contribution is 0.0624. The molecular weight excluding hydrogens is 370 g/mol. The Hall–Kier alpha value is -2.15. The highest BCUT2D eigenvalue weighted by molar-refractivity contribution is 7.16. The zero-order valence-electron chi connectivity index (χ0n) is 14.1. The highest BCUT2D eigenvalue weighted by Gasteiger charge is 2.24. The van der Waals surface area contributed by atoms with Gasteiger partial charge in [-0.2, -0.15) is 0 Å². The molecule has 2 aromatic heterocycles. The number of hydrogen-bond acceptors (Lipinski definition) is 5. The van der Waals surface area contributed by atoms with Gasteiger partial charge in [-0.05, 0) is 24.3 Å². The van der Waals surface area contributed by atoms with E-state index in [1.54, 1.807) is 11.3 Å². The Bertz CT molecular complexity index is 885. The average molecular weight is 388 g/mol. The number of benzene rings is 1. The van der Waals surface area contributed by atoms with Gasteiger partial charge in [0, 0.05) is 43.2 Å². The van der Waals surface area contributed by atoms with Crippen LogP contribution in [-0.4, -0.2) is 46.9 Å². The monoisotopic (exact) mass is 387 g/mol. The predicted molar refractivity (Wildman–Crippen MR) is 102 cm³/mol. The van der Waals surface area contributed by atoms with Gasteiger partial charge < -0.3 is 9.32 Å². The molecule has 1 saturated heterocycles. The fraction of sp³-hybridized carbons (Fsp3) is 0.263. The number of thiophene rings is 1. The molecule has 0 N–H and O–H groups in total. The molecule has 4 rings (SSSR count). The van der Waals surface area contributed by atoms with Crippen molar-refractivity contribution in [3.05, 3.63) is 63.6 Å². The first kappa shape index (κ1) is 17.3. The molecular formula is C19H18ClN3O2S. The van der Waals surface area contributed by atoms with Crippen LogP contribution < -0.4 is 0 Å². The Morgan fingerprint density at radius 1 is 1.12 bits per heavy atom. The molecule has 5 nitrogen and oxygen atoms in total. The number of carbonyl (C=O) groups is 1. The van der Waals surface area contributed by atoms with E-state index in [0.29, 0.717) is 24.7 Å². The Morgan fingerprint density at radius 2 is 1.88 bits per heavy atom. The van der Waals surface area contributed by atoms with Crippen LogP contribution in [0.25, 0.3) is 11.5 Å². The fourth-order valence-electron chi connectivity index (χ4n) is 3.01. The van der Waals surface area contributed by atoms with Crippen LogP contribution in [0.4, 0.5) is 0 Å². The number of oxazole rings is 1. The molecule has 1 aromatic carbocycles. The van der Waals surface area contributed by atoms with Crippen LogP contribution in [0.5, 0.6) is 0 Å². The summed E-state index contributed by atoms with van der Waals surface area (Å²) >= 11 is 7.60. The highest BCUT2D eigenvalue weighted by Crippen LogP contribution is 2.23. The van der Waals surface area contributed by atoms with E-state index in [9.17, 15) is 4.79 Å². The molecule has 1 aliphatic rings. The Balaban J connectivity index is 1.36. The molecule has 3 heterocycles. The lowest BCUT2D eigenvalue weighted by Crippen LogP contribution is -2.48. The van der Waals surface area contributed by atoms with Crippen molar-refractivity contribution < 1.29 is 9.21 Å². The van der Waals surface area contributed by atoms with Gasteiger partial charge in [0.15, 0.2) is 5.69 Å². The molecule has 0 spiro atoms. The maximum atomic E-state index is 12.7. The van der Waals surface area contributed by atoms with Crippen molar-refractivity contribution >= 4 is 28.8 Å². The van der Waals surface area contributed by atoms with Gasteiger partial charge in [0.05, 0.1) is 4.34 Å². The maximum absolute atomic E-state index is 12.7. The molecule has 3 aromatic rings. The van der Waals surface area contributed by atoms with Crippen LogP contribution in [0.3, 0.4) is 0 Å². The van der Waals surface area contributed by atoms with Crippen molar-refractivity contribution in [3.8, 4) is 11.5 Å². The molecule has 1 fully saturated rings. The number of carbonyl (C=O) groups excluding carboxylic acids is 1. The van der Waals surface area contributed by atoms with Gasteiger partial charge in [-0.15, -0.1) is 11.3 Å². The number of halogens is 1. The molecule has 1 amide bonds. The predicted octanol–water partition coefficient (Wildman–Crippen LogP) is 4.01. The first-order chi connectivity index (χ1) is 12.7. The van der Waals surface area contributed by atoms with Gasteiger partial charge in [0.1, 0.15) is 6.26 Å². The van der Waals surface area contributed by atoms with E-state index in [-0.39, 0.29) is 5.91 Å². The second kappa shape index (κ2) is 7.61. The Labute approximate surface area is 160 Å². The standard InChI is InChI=1S/C19H18ClN3O2S/c20-17-7-6-15(26-17)12-22-8-10-23(11-9-22)19(24)16-13-25-18(21-16)14-4-2-1-3-5-14/h1-7,13H,8-12H2. The maximum Gasteiger partial charge on any atom is 0.275 e. The van der Waals surface area contributed by atoms with Crippen LogP contribution in [0.2, 0.25) is 4.34 Å². The van der Waals surface area contributed by atoms with Gasteiger partial charge in [0.2, 0.25) is 5.89 Å². The number of hydrogen-bond donors (Lipinski definition) is 0. The summed E-state index contributed by atoms with van der Waals surface area (Å²) in [4.78, 5) is 22.5. The van der Waals surface area contributed by atoms with Gasteiger partial charge in [-0.3, -0.25) is 9.69 Å². The molecule has 134 valence electrons. The summed E-state index contributed by atoms with van der Waals surface area (Å²) in [5.41, 5.74) is 1.23. The molecule has 0 bridgehead atoms. The zero-order chi connectivity index (χ0) is 17.9. The van der Waals surface area contributed by atoms with Crippen LogP contribution in [0.15, 0.2) is 53.1 Å². The zero-order valence-corrected chi connectivity index (χ0v) is 15.7. The minimum Gasteiger partial charge on any atom is -0.444 e. The van der Waals surface area contributed by atoms with Gasteiger partial charge in [0.25, 0.3) is 5.91 Å². The smallest absolute Gasteiger partial charge is 0.275 e. The van der Waals surface area contributed by atoms with Crippen molar-refractivity contribution in [2.45, 2.75) is 6.54 Å². The number of nitrogens with zero attached hydrogens (tertiary/aromatic N) is 3. The summed E-state index contributed by atoms with van der Waals surface area (Å²) in [5, 5.41) is 0. The van der Waals surface area contributed by atoms with Crippen molar-refractivity contribution in [1.29, 1.82) is 0 Å². The second-order valence-electron chi connectivity index (χ2n) is 6.18. The fourth-order valence-corrected chi connectivity index (χ4v) is 4.14. The van der Waals surface area contributed by atoms with E-state index in [2.05, 4.69) is 16.0 Å². The van der Waals surface area contributed by atoms with Crippen LogP contribution in [0.1, 0.15) is 15.4 Å². The summed E-state index contributed by atoms with van der Waals surface area (Å²) in [6.45, 7) is 3.92. The van der Waals surface area contributed by atoms with Gasteiger partial charge in [-0.25, -0.2) is 4.98 Å². The SMILES string of the molecule is O=C(c1coc(-c2ccccc2)n1)N1CCN(Cc2ccc(Cl)s2)CC1. The molecule has 7 heteroatoms. The number of rotatable bonds is 4. The molecule has 1 aliphatic heterocycles. The van der Waals surface area contributed by atoms with Crippen LogP contribution in [0, 0.1) is 0 Å². The quantitative estimate of drug-likeness (QED) is 0.678. The third-order valence-corrected chi connectivity index (χ3v) is 5.63. The van der Waals surface area contributed by atoms with Crippen molar-refractivity contribution in [1.82, 2.24) is 14.8 Å². The minimum atomic E-state index is -0.0743. The summed E-state index contributed by atoms with van der Waals surface area (Å²) in [5.74, 6) is 0.400. The lowest BCUT2D eigenvalue weighted by atomic mass is 10.2. The third kappa shape index (κ3) is 3.82. The van der Waals surface area contributed by atoms with Crippen LogP contribution >= 0.6 is 22.9 Å². The minimum absolute atomic E-state index is 0.0743. The van der Waals surface area contributed by atoms with E-state index in [0.717, 1.165) is 29.5 Å². The molecule has 0 atom stereocenters. The number of aromatic nitrogens is 1. The summed E-state index contributed by atoms with van der Waals surface area (Å²) < 4.78 is 6.30. The first-order valence-electron chi connectivity index (χ1n) is 8.46. The number of piperazine rings is 1. The van der Waals surface area contributed by atoms with Gasteiger partial charge >= 0.3 is 0 Å². The summed E-state index contributed by atoms with van der Waals surface area (Å²) in [7, 11) is 0. The van der Waals surface area contributed by atoms with Crippen molar-refractivity contribution in [2.75, 3.05) is 26.2 Å². The Morgan fingerprint density at radius 3 is 2.58 bits per heavy atom. The van der Waals surface area contributed by atoms with E-state index < -0.39 is 0 Å². The summed E-state index contributed by atoms with van der Waals surface area (Å²) in [6, 6.07) is 13.6. The third-order valence-electron chi connectivity index (χ3n) is 4.41. The molecule has 0 aliphatic carbocycles. The van der Waals surface area contributed by atoms with Crippen LogP contribution in [-0.2, 0) is 6.54 Å². The van der Waals surface area contributed by atoms with E-state index >= 15 is 0 Å². The largest absolute Gasteiger partial charge is 0.444 e. The normalized spacial score (nSPS) is 15.3. The van der Waals surface area contributed by atoms with Crippen molar-refractivity contribution in [3.63, 3.8) is 0 Å². The first-order valence-corrected chi connectivity index (χ1v) is 9.65. The number of amides is 1. The molecule has 0 radical (unpaired) electrons. The van der Waals surface area contributed by atoms with E-state index in [1.165, 1.54) is 11.1 Å². The highest BCUT2D eigenvalue weighted by atomic mass is 35.5. The second-order valence-corrected chi connectivity index (χ2v) is 7.98. The van der Waals surface area contributed by atoms with E-state index in [1.807, 2.05) is 41.3 Å². The molecule has 0 unspecified atom stereocenters. The van der Waals surface area contributed by atoms with Gasteiger partial charge in [-0.1, -0.05) is 29.8 Å². The lowest BCUT2D eigenvalue weighted by Gasteiger charge is -2.34. The Kier molecular flexibility index (Phi) is 5.06. The summed E-state index contributed by atoms with van der Waals surface area (Å²) in [6.07, 6.45) is 1.45. The van der Waals surface area contributed by atoms with E-state index in [4.69, 9.17) is 16.0 Å². The van der Waals surface area contributed by atoms with Crippen molar-refractivity contribution in [2.24, 2.45) is 0 Å². The molecule has 26 heavy (non-hydrogen) atoms.